The molecule has 0 saturated heterocycles. The molecule has 0 aliphatic rings. The molecule has 0 N–H and O–H groups in total. The van der Waals surface area contributed by atoms with Gasteiger partial charge in [-0.2, -0.15) is 0 Å². The Morgan fingerprint density at radius 3 is 2.55 bits per heavy atom. The van der Waals surface area contributed by atoms with E-state index in [-0.39, 0.29) is 5.56 Å². The highest BCUT2D eigenvalue weighted by atomic mass is 35.5. The molecule has 1 aromatic carbocycles. The number of aromatic nitrogens is 1. The lowest BCUT2D eigenvalue weighted by atomic mass is 10.1. The molecule has 0 fully saturated rings. The minimum atomic E-state index is -0.104. The second kappa shape index (κ2) is 7.70. The lowest BCUT2D eigenvalue weighted by Crippen LogP contribution is -2.19. The predicted octanol–water partition coefficient (Wildman–Crippen LogP) is 4.63. The summed E-state index contributed by atoms with van der Waals surface area (Å²) in [4.78, 5) is 12.1. The molecule has 0 radical (unpaired) electrons. The van der Waals surface area contributed by atoms with Crippen LogP contribution in [0.1, 0.15) is 25.8 Å². The van der Waals surface area contributed by atoms with Gasteiger partial charge in [0, 0.05) is 12.3 Å². The molecule has 1 aromatic heterocycles. The van der Waals surface area contributed by atoms with E-state index in [1.54, 1.807) is 29.0 Å². The highest BCUT2D eigenvalue weighted by molar-refractivity contribution is 6.42. The van der Waals surface area contributed by atoms with Crippen molar-refractivity contribution >= 4 is 23.2 Å². The molecule has 0 aliphatic carbocycles. The first-order valence-corrected chi connectivity index (χ1v) is 7.98. The molecule has 118 valence electrons. The van der Waals surface area contributed by atoms with Gasteiger partial charge >= 0.3 is 0 Å². The quantitative estimate of drug-likeness (QED) is 0.768. The van der Waals surface area contributed by atoms with Gasteiger partial charge in [0.2, 0.25) is 0 Å². The van der Waals surface area contributed by atoms with Gasteiger partial charge in [-0.05, 0) is 36.1 Å². The zero-order valence-electron chi connectivity index (χ0n) is 12.7. The Hall–Kier alpha value is -1.45. The SMILES string of the molecule is CC(C)CCOc1ccn(Cc2ccc(Cl)c(Cl)c2)c(=O)c1. The third kappa shape index (κ3) is 4.79. The number of ether oxygens (including phenoxy) is 1. The zero-order valence-corrected chi connectivity index (χ0v) is 14.2. The molecule has 0 spiro atoms. The summed E-state index contributed by atoms with van der Waals surface area (Å²) in [7, 11) is 0. The van der Waals surface area contributed by atoms with Crippen LogP contribution in [0.25, 0.3) is 0 Å². The van der Waals surface area contributed by atoms with Gasteiger partial charge in [0.25, 0.3) is 5.56 Å². The molecule has 0 saturated carbocycles. The Morgan fingerprint density at radius 2 is 1.91 bits per heavy atom. The largest absolute Gasteiger partial charge is 0.493 e. The fraction of sp³-hybridized carbons (Fsp3) is 0.353. The van der Waals surface area contributed by atoms with Crippen LogP contribution in [0.4, 0.5) is 0 Å². The zero-order chi connectivity index (χ0) is 16.1. The van der Waals surface area contributed by atoms with Crippen molar-refractivity contribution in [3.8, 4) is 5.75 Å². The lowest BCUT2D eigenvalue weighted by molar-refractivity contribution is 0.288. The molecule has 22 heavy (non-hydrogen) atoms. The van der Waals surface area contributed by atoms with Gasteiger partial charge in [0.05, 0.1) is 23.2 Å². The third-order valence-electron chi connectivity index (χ3n) is 3.27. The van der Waals surface area contributed by atoms with Crippen molar-refractivity contribution < 1.29 is 4.74 Å². The van der Waals surface area contributed by atoms with Gasteiger partial charge in [0.1, 0.15) is 5.75 Å². The van der Waals surface area contributed by atoms with Crippen LogP contribution >= 0.6 is 23.2 Å². The van der Waals surface area contributed by atoms with Gasteiger partial charge in [-0.1, -0.05) is 43.1 Å². The highest BCUT2D eigenvalue weighted by Crippen LogP contribution is 2.22. The smallest absolute Gasteiger partial charge is 0.254 e. The van der Waals surface area contributed by atoms with Gasteiger partial charge in [-0.15, -0.1) is 0 Å². The number of pyridine rings is 1. The van der Waals surface area contributed by atoms with Crippen molar-refractivity contribution in [1.82, 2.24) is 4.57 Å². The predicted molar refractivity (Wildman–Crippen MR) is 91.2 cm³/mol. The Labute approximate surface area is 140 Å². The number of halogens is 2. The number of nitrogens with zero attached hydrogens (tertiary/aromatic N) is 1. The summed E-state index contributed by atoms with van der Waals surface area (Å²) < 4.78 is 7.19. The lowest BCUT2D eigenvalue weighted by Gasteiger charge is -2.10. The molecule has 0 bridgehead atoms. The van der Waals surface area contributed by atoms with Crippen molar-refractivity contribution in [3.63, 3.8) is 0 Å². The van der Waals surface area contributed by atoms with E-state index in [9.17, 15) is 4.79 Å². The molecule has 2 rings (SSSR count). The van der Waals surface area contributed by atoms with E-state index in [2.05, 4.69) is 13.8 Å². The Bertz CT molecular complexity index is 695. The van der Waals surface area contributed by atoms with Crippen molar-refractivity contribution in [2.75, 3.05) is 6.61 Å². The maximum Gasteiger partial charge on any atom is 0.254 e. The molecule has 0 atom stereocenters. The minimum absolute atomic E-state index is 0.104. The van der Waals surface area contributed by atoms with Crippen molar-refractivity contribution in [2.45, 2.75) is 26.8 Å². The Balaban J connectivity index is 2.06. The van der Waals surface area contributed by atoms with Crippen LogP contribution in [-0.4, -0.2) is 11.2 Å². The van der Waals surface area contributed by atoms with Crippen molar-refractivity contribution in [2.24, 2.45) is 5.92 Å². The first-order chi connectivity index (χ1) is 10.5. The molecule has 5 heteroatoms. The average Bonchev–Trinajstić information content (AvgIpc) is 2.45. The van der Waals surface area contributed by atoms with Gasteiger partial charge in [-0.3, -0.25) is 4.79 Å². The molecule has 3 nitrogen and oxygen atoms in total. The monoisotopic (exact) mass is 339 g/mol. The summed E-state index contributed by atoms with van der Waals surface area (Å²) in [6.07, 6.45) is 2.70. The second-order valence-electron chi connectivity index (χ2n) is 5.61. The Kier molecular flexibility index (Phi) is 5.92. The molecular formula is C17H19Cl2NO2. The van der Waals surface area contributed by atoms with E-state index in [1.807, 2.05) is 6.07 Å². The summed E-state index contributed by atoms with van der Waals surface area (Å²) in [5.74, 6) is 1.19. The minimum Gasteiger partial charge on any atom is -0.493 e. The number of hydrogen-bond donors (Lipinski definition) is 0. The number of benzene rings is 1. The summed E-state index contributed by atoms with van der Waals surface area (Å²) in [6.45, 7) is 5.34. The van der Waals surface area contributed by atoms with Crippen LogP contribution < -0.4 is 10.3 Å². The first-order valence-electron chi connectivity index (χ1n) is 7.23. The van der Waals surface area contributed by atoms with Crippen LogP contribution in [0.2, 0.25) is 10.0 Å². The second-order valence-corrected chi connectivity index (χ2v) is 6.42. The average molecular weight is 340 g/mol. The molecule has 0 amide bonds. The van der Waals surface area contributed by atoms with E-state index >= 15 is 0 Å². The molecule has 2 aromatic rings. The van der Waals surface area contributed by atoms with E-state index in [4.69, 9.17) is 27.9 Å². The van der Waals surface area contributed by atoms with E-state index in [1.165, 1.54) is 6.07 Å². The summed E-state index contributed by atoms with van der Waals surface area (Å²) in [6, 6.07) is 8.67. The van der Waals surface area contributed by atoms with Crippen LogP contribution in [0, 0.1) is 5.92 Å². The topological polar surface area (TPSA) is 31.2 Å². The maximum atomic E-state index is 12.1. The van der Waals surface area contributed by atoms with Crippen LogP contribution in [-0.2, 0) is 6.54 Å². The summed E-state index contributed by atoms with van der Waals surface area (Å²) in [5, 5.41) is 0.993. The molecule has 0 aliphatic heterocycles. The van der Waals surface area contributed by atoms with Crippen LogP contribution in [0.5, 0.6) is 5.75 Å². The fourth-order valence-electron chi connectivity index (χ4n) is 1.96. The normalized spacial score (nSPS) is 11.0. The van der Waals surface area contributed by atoms with E-state index in [0.29, 0.717) is 34.9 Å². The molecule has 0 unspecified atom stereocenters. The highest BCUT2D eigenvalue weighted by Gasteiger charge is 2.04. The number of rotatable bonds is 6. The Morgan fingerprint density at radius 1 is 1.14 bits per heavy atom. The van der Waals surface area contributed by atoms with Gasteiger partial charge in [0.15, 0.2) is 0 Å². The van der Waals surface area contributed by atoms with Gasteiger partial charge < -0.3 is 9.30 Å². The standard InChI is InChI=1S/C17H19Cl2NO2/c1-12(2)6-8-22-14-5-7-20(17(21)10-14)11-13-3-4-15(18)16(19)9-13/h3-5,7,9-10,12H,6,8,11H2,1-2H3. The fourth-order valence-corrected chi connectivity index (χ4v) is 2.28. The molecule has 1 heterocycles. The third-order valence-corrected chi connectivity index (χ3v) is 4.01. The van der Waals surface area contributed by atoms with Crippen LogP contribution in [0.3, 0.4) is 0 Å². The van der Waals surface area contributed by atoms with Gasteiger partial charge in [-0.25, -0.2) is 0 Å². The first kappa shape index (κ1) is 16.9. The molecular weight excluding hydrogens is 321 g/mol. The summed E-state index contributed by atoms with van der Waals surface area (Å²) in [5.41, 5.74) is 0.818. The van der Waals surface area contributed by atoms with Crippen molar-refractivity contribution in [3.05, 3.63) is 62.5 Å². The van der Waals surface area contributed by atoms with E-state index in [0.717, 1.165) is 12.0 Å². The van der Waals surface area contributed by atoms with E-state index < -0.39 is 0 Å². The number of hydrogen-bond acceptors (Lipinski definition) is 2. The van der Waals surface area contributed by atoms with Crippen molar-refractivity contribution in [1.29, 1.82) is 0 Å². The van der Waals surface area contributed by atoms with Crippen LogP contribution in [0.15, 0.2) is 41.3 Å². The maximum absolute atomic E-state index is 12.1. The summed E-state index contributed by atoms with van der Waals surface area (Å²) >= 11 is 11.9.